The second kappa shape index (κ2) is 9.94. The Morgan fingerprint density at radius 3 is 2.14 bits per heavy atom. The first-order valence-corrected chi connectivity index (χ1v) is 12.9. The Morgan fingerprint density at radius 2 is 1.56 bits per heavy atom. The lowest BCUT2D eigenvalue weighted by Crippen LogP contribution is -2.64. The average molecular weight is 486 g/mol. The highest BCUT2D eigenvalue weighted by Gasteiger charge is 2.44. The summed E-state index contributed by atoms with van der Waals surface area (Å²) in [4.78, 5) is 28.7. The summed E-state index contributed by atoms with van der Waals surface area (Å²) in [5, 5.41) is 2.35. The molecule has 1 aromatic heterocycles. The highest BCUT2D eigenvalue weighted by molar-refractivity contribution is 5.95. The molecule has 6 heteroatoms. The van der Waals surface area contributed by atoms with E-state index in [1.165, 1.54) is 22.3 Å². The number of hydrogen-bond acceptors (Lipinski definition) is 4. The van der Waals surface area contributed by atoms with Crippen LogP contribution in [0.2, 0.25) is 0 Å². The van der Waals surface area contributed by atoms with Crippen molar-refractivity contribution < 1.29 is 9.53 Å². The summed E-state index contributed by atoms with van der Waals surface area (Å²) in [7, 11) is 1.71. The summed E-state index contributed by atoms with van der Waals surface area (Å²) in [6.07, 6.45) is 5.09. The van der Waals surface area contributed by atoms with Crippen LogP contribution in [0.3, 0.4) is 0 Å². The molecule has 1 atom stereocenters. The molecule has 5 rings (SSSR count). The number of aromatic nitrogens is 1. The van der Waals surface area contributed by atoms with Crippen LogP contribution in [0.25, 0.3) is 0 Å². The zero-order chi connectivity index (χ0) is 25.4. The Kier molecular flexibility index (Phi) is 6.71. The van der Waals surface area contributed by atoms with Gasteiger partial charge in [-0.2, -0.15) is 0 Å². The normalized spacial score (nSPS) is 17.6. The SMILES string of the molecule is COCCCC1N(C(C)C)C(=O)c2c(C)c(=O)ccn2N1C1c2ccccc2CCc2ccccc21. The lowest BCUT2D eigenvalue weighted by molar-refractivity contribution is 0.0433. The Bertz CT molecular complexity index is 1280. The van der Waals surface area contributed by atoms with Crippen molar-refractivity contribution in [2.24, 2.45) is 0 Å². The van der Waals surface area contributed by atoms with E-state index in [4.69, 9.17) is 4.74 Å². The molecule has 1 aliphatic carbocycles. The van der Waals surface area contributed by atoms with Crippen LogP contribution in [0.15, 0.2) is 65.6 Å². The Morgan fingerprint density at radius 1 is 0.944 bits per heavy atom. The molecule has 6 nitrogen and oxygen atoms in total. The number of aryl methyl sites for hydroxylation is 2. The van der Waals surface area contributed by atoms with Crippen molar-refractivity contribution in [1.29, 1.82) is 0 Å². The monoisotopic (exact) mass is 485 g/mol. The number of amides is 1. The molecule has 1 unspecified atom stereocenters. The van der Waals surface area contributed by atoms with E-state index >= 15 is 0 Å². The van der Waals surface area contributed by atoms with Gasteiger partial charge in [0.15, 0.2) is 5.43 Å². The largest absolute Gasteiger partial charge is 0.385 e. The quantitative estimate of drug-likeness (QED) is 0.479. The number of methoxy groups -OCH3 is 1. The molecule has 2 heterocycles. The Labute approximate surface area is 213 Å². The van der Waals surface area contributed by atoms with E-state index in [2.05, 4.69) is 67.4 Å². The minimum Gasteiger partial charge on any atom is -0.385 e. The van der Waals surface area contributed by atoms with Crippen molar-refractivity contribution in [2.75, 3.05) is 18.7 Å². The van der Waals surface area contributed by atoms with E-state index in [1.54, 1.807) is 26.3 Å². The number of hydrogen-bond donors (Lipinski definition) is 0. The van der Waals surface area contributed by atoms with Gasteiger partial charge >= 0.3 is 0 Å². The van der Waals surface area contributed by atoms with Crippen LogP contribution in [-0.2, 0) is 17.6 Å². The standard InChI is InChI=1S/C30H35N3O3/c1-20(2)32-27(14-9-19-36-4)33(31-18-17-26(34)21(3)28(31)30(32)35)29-24-12-7-5-10-22(24)15-16-23-11-6-8-13-25(23)29/h5-8,10-13,17-18,20,27,29H,9,14-16,19H2,1-4H3. The summed E-state index contributed by atoms with van der Waals surface area (Å²) in [6, 6.07) is 18.8. The third kappa shape index (κ3) is 4.03. The van der Waals surface area contributed by atoms with E-state index in [-0.39, 0.29) is 29.6 Å². The molecule has 3 aromatic rings. The molecule has 0 fully saturated rings. The molecule has 0 bridgehead atoms. The minimum absolute atomic E-state index is 0.0349. The van der Waals surface area contributed by atoms with Gasteiger partial charge < -0.3 is 9.64 Å². The molecule has 0 radical (unpaired) electrons. The summed E-state index contributed by atoms with van der Waals surface area (Å²) in [6.45, 7) is 6.50. The third-order valence-corrected chi connectivity index (χ3v) is 7.63. The minimum atomic E-state index is -0.203. The molecule has 0 saturated heterocycles. The van der Waals surface area contributed by atoms with E-state index in [0.717, 1.165) is 25.7 Å². The highest BCUT2D eigenvalue weighted by Crippen LogP contribution is 2.40. The lowest BCUT2D eigenvalue weighted by atomic mass is 9.92. The fourth-order valence-electron chi connectivity index (χ4n) is 5.94. The number of carbonyl (C=O) groups excluding carboxylic acids is 1. The van der Waals surface area contributed by atoms with Gasteiger partial charge in [0.1, 0.15) is 11.9 Å². The van der Waals surface area contributed by atoms with Gasteiger partial charge in [-0.15, -0.1) is 0 Å². The number of fused-ring (bicyclic) bond motifs is 3. The molecule has 0 N–H and O–H groups in total. The topological polar surface area (TPSA) is 54.8 Å². The maximum atomic E-state index is 14.0. The van der Waals surface area contributed by atoms with Gasteiger partial charge in [0, 0.05) is 37.6 Å². The zero-order valence-corrected chi connectivity index (χ0v) is 21.6. The maximum Gasteiger partial charge on any atom is 0.274 e. The lowest BCUT2D eigenvalue weighted by Gasteiger charge is -2.52. The predicted octanol–water partition coefficient (Wildman–Crippen LogP) is 4.60. The van der Waals surface area contributed by atoms with Crippen LogP contribution in [0.5, 0.6) is 0 Å². The van der Waals surface area contributed by atoms with Gasteiger partial charge in [0.25, 0.3) is 5.91 Å². The van der Waals surface area contributed by atoms with E-state index in [9.17, 15) is 9.59 Å². The average Bonchev–Trinajstić information content (AvgIpc) is 3.03. The van der Waals surface area contributed by atoms with Gasteiger partial charge in [-0.25, -0.2) is 0 Å². The second-order valence-corrected chi connectivity index (χ2v) is 10.1. The zero-order valence-electron chi connectivity index (χ0n) is 21.6. The van der Waals surface area contributed by atoms with Crippen LogP contribution in [0.1, 0.15) is 71.0 Å². The van der Waals surface area contributed by atoms with E-state index < -0.39 is 0 Å². The first-order valence-electron chi connectivity index (χ1n) is 12.9. The van der Waals surface area contributed by atoms with Crippen molar-refractivity contribution in [3.63, 3.8) is 0 Å². The smallest absolute Gasteiger partial charge is 0.274 e. The number of carbonyl (C=O) groups is 1. The van der Waals surface area contributed by atoms with Crippen molar-refractivity contribution in [3.8, 4) is 0 Å². The molecule has 36 heavy (non-hydrogen) atoms. The number of rotatable bonds is 6. The van der Waals surface area contributed by atoms with Gasteiger partial charge in [-0.3, -0.25) is 19.3 Å². The van der Waals surface area contributed by atoms with Gasteiger partial charge in [0.05, 0.1) is 6.04 Å². The first-order chi connectivity index (χ1) is 17.4. The molecular weight excluding hydrogens is 450 g/mol. The fourth-order valence-corrected chi connectivity index (χ4v) is 5.94. The maximum absolute atomic E-state index is 14.0. The van der Waals surface area contributed by atoms with Crippen molar-refractivity contribution >= 4 is 5.91 Å². The third-order valence-electron chi connectivity index (χ3n) is 7.63. The van der Waals surface area contributed by atoms with Crippen LogP contribution in [-0.4, -0.2) is 41.4 Å². The second-order valence-electron chi connectivity index (χ2n) is 10.1. The number of pyridine rings is 1. The fraction of sp³-hybridized carbons (Fsp3) is 0.400. The number of ether oxygens (including phenoxy) is 1. The highest BCUT2D eigenvalue weighted by atomic mass is 16.5. The van der Waals surface area contributed by atoms with Gasteiger partial charge in [0.2, 0.25) is 0 Å². The van der Waals surface area contributed by atoms with Crippen molar-refractivity contribution in [3.05, 3.63) is 105 Å². The predicted molar refractivity (Wildman–Crippen MR) is 142 cm³/mol. The van der Waals surface area contributed by atoms with Crippen molar-refractivity contribution in [1.82, 2.24) is 9.58 Å². The first kappa shape index (κ1) is 24.3. The molecule has 2 aromatic carbocycles. The van der Waals surface area contributed by atoms with Crippen molar-refractivity contribution in [2.45, 2.75) is 64.7 Å². The number of benzene rings is 2. The van der Waals surface area contributed by atoms with Crippen LogP contribution < -0.4 is 10.4 Å². The molecular formula is C30H35N3O3. The summed E-state index contributed by atoms with van der Waals surface area (Å²) >= 11 is 0. The Balaban J connectivity index is 1.81. The molecule has 1 aliphatic heterocycles. The molecule has 2 aliphatic rings. The van der Waals surface area contributed by atoms with Crippen LogP contribution >= 0.6 is 0 Å². The Hall–Kier alpha value is -3.38. The van der Waals surface area contributed by atoms with Gasteiger partial charge in [-0.1, -0.05) is 48.5 Å². The molecule has 0 spiro atoms. The number of nitrogens with zero attached hydrogens (tertiary/aromatic N) is 3. The summed E-state index contributed by atoms with van der Waals surface area (Å²) in [5.74, 6) is -0.0888. The van der Waals surface area contributed by atoms with E-state index in [1.807, 2.05) is 9.58 Å². The summed E-state index contributed by atoms with van der Waals surface area (Å²) in [5.41, 5.74) is 5.97. The molecule has 188 valence electrons. The summed E-state index contributed by atoms with van der Waals surface area (Å²) < 4.78 is 7.37. The van der Waals surface area contributed by atoms with Crippen LogP contribution in [0, 0.1) is 6.92 Å². The van der Waals surface area contributed by atoms with Gasteiger partial charge in [-0.05, 0) is 68.7 Å². The molecule has 0 saturated carbocycles. The van der Waals surface area contributed by atoms with Crippen LogP contribution in [0.4, 0.5) is 0 Å². The molecule has 1 amide bonds. The van der Waals surface area contributed by atoms with E-state index in [0.29, 0.717) is 17.9 Å².